The van der Waals surface area contributed by atoms with Gasteiger partial charge in [-0.1, -0.05) is 12.1 Å². The first-order valence-electron chi connectivity index (χ1n) is 11.5. The molecule has 2 fully saturated rings. The first kappa shape index (κ1) is 19.7. The van der Waals surface area contributed by atoms with Gasteiger partial charge in [-0.2, -0.15) is 0 Å². The van der Waals surface area contributed by atoms with Crippen molar-refractivity contribution in [3.8, 4) is 5.75 Å². The minimum atomic E-state index is 0.159. The standard InChI is InChI=1S/C25H32N2O3/c28-25(20-10-16-29-17-11-20)27-14-8-23(9-15-27)30-24-5-4-19-6-12-26(22-2-1-3-22)13-7-21(19)18-24/h1-5,18,20,23H,6-17H2. The highest BCUT2D eigenvalue weighted by molar-refractivity contribution is 5.79. The van der Waals surface area contributed by atoms with Crippen LogP contribution in [-0.4, -0.2) is 61.2 Å². The van der Waals surface area contributed by atoms with E-state index in [1.165, 1.54) is 16.8 Å². The number of carbonyl (C=O) groups is 1. The average molecular weight is 409 g/mol. The Morgan fingerprint density at radius 3 is 2.40 bits per heavy atom. The maximum Gasteiger partial charge on any atom is 0.225 e. The van der Waals surface area contributed by atoms with Gasteiger partial charge in [-0.25, -0.2) is 0 Å². The lowest BCUT2D eigenvalue weighted by molar-refractivity contribution is -0.140. The molecule has 30 heavy (non-hydrogen) atoms. The van der Waals surface area contributed by atoms with Gasteiger partial charge in [0.05, 0.1) is 0 Å². The van der Waals surface area contributed by atoms with Gasteiger partial charge in [0.25, 0.3) is 0 Å². The molecule has 2 saturated heterocycles. The van der Waals surface area contributed by atoms with Crippen LogP contribution >= 0.6 is 0 Å². The molecule has 3 aliphatic heterocycles. The summed E-state index contributed by atoms with van der Waals surface area (Å²) in [5, 5.41) is 0. The summed E-state index contributed by atoms with van der Waals surface area (Å²) in [7, 11) is 0. The van der Waals surface area contributed by atoms with E-state index < -0.39 is 0 Å². The molecule has 0 spiro atoms. The van der Waals surface area contributed by atoms with Gasteiger partial charge in [-0.15, -0.1) is 0 Å². The minimum absolute atomic E-state index is 0.159. The van der Waals surface area contributed by atoms with Gasteiger partial charge in [-0.05, 0) is 61.1 Å². The second kappa shape index (κ2) is 8.84. The van der Waals surface area contributed by atoms with E-state index in [1.807, 2.05) is 4.90 Å². The van der Waals surface area contributed by atoms with Crippen molar-refractivity contribution >= 4 is 5.91 Å². The normalized spacial score (nSPS) is 22.7. The van der Waals surface area contributed by atoms with Gasteiger partial charge in [0, 0.05) is 63.8 Å². The summed E-state index contributed by atoms with van der Waals surface area (Å²) in [4.78, 5) is 17.3. The molecule has 1 amide bonds. The SMILES string of the molecule is O=C(C1CCOCC1)N1CCC(Oc2ccc3c(c2)CCN(C2=CC=C2)CC3)CC1. The zero-order valence-corrected chi connectivity index (χ0v) is 17.7. The van der Waals surface area contributed by atoms with E-state index in [2.05, 4.69) is 41.3 Å². The highest BCUT2D eigenvalue weighted by atomic mass is 16.5. The van der Waals surface area contributed by atoms with Gasteiger partial charge in [-0.3, -0.25) is 4.79 Å². The van der Waals surface area contributed by atoms with E-state index in [9.17, 15) is 4.79 Å². The fraction of sp³-hybridized carbons (Fsp3) is 0.560. The number of hydrogen-bond donors (Lipinski definition) is 0. The fourth-order valence-corrected chi connectivity index (χ4v) is 5.02. The lowest BCUT2D eigenvalue weighted by atomic mass is 9.97. The van der Waals surface area contributed by atoms with Crippen molar-refractivity contribution in [3.63, 3.8) is 0 Å². The maximum atomic E-state index is 12.7. The fourth-order valence-electron chi connectivity index (χ4n) is 5.02. The third-order valence-corrected chi connectivity index (χ3v) is 7.01. The van der Waals surface area contributed by atoms with Crippen LogP contribution in [0, 0.1) is 5.92 Å². The number of benzene rings is 1. The van der Waals surface area contributed by atoms with Crippen LogP contribution in [0.3, 0.4) is 0 Å². The predicted octanol–water partition coefficient (Wildman–Crippen LogP) is 3.34. The second-order valence-electron chi connectivity index (χ2n) is 8.90. The molecule has 4 aliphatic rings. The Kier molecular flexibility index (Phi) is 5.80. The van der Waals surface area contributed by atoms with Crippen LogP contribution in [0.15, 0.2) is 42.1 Å². The van der Waals surface area contributed by atoms with Crippen LogP contribution in [0.4, 0.5) is 0 Å². The van der Waals surface area contributed by atoms with Gasteiger partial charge >= 0.3 is 0 Å². The molecule has 0 bridgehead atoms. The first-order chi connectivity index (χ1) is 14.8. The molecular weight excluding hydrogens is 376 g/mol. The number of fused-ring (bicyclic) bond motifs is 1. The van der Waals surface area contributed by atoms with Gasteiger partial charge in [0.15, 0.2) is 0 Å². The van der Waals surface area contributed by atoms with Crippen molar-refractivity contribution in [1.82, 2.24) is 9.80 Å². The Balaban J connectivity index is 1.14. The highest BCUT2D eigenvalue weighted by Gasteiger charge is 2.30. The number of nitrogens with zero attached hydrogens (tertiary/aromatic N) is 2. The van der Waals surface area contributed by atoms with Crippen molar-refractivity contribution < 1.29 is 14.3 Å². The molecule has 0 radical (unpaired) electrons. The number of amides is 1. The zero-order chi connectivity index (χ0) is 20.3. The molecule has 0 aromatic heterocycles. The van der Waals surface area contributed by atoms with Crippen molar-refractivity contribution in [2.45, 2.75) is 44.6 Å². The van der Waals surface area contributed by atoms with Crippen molar-refractivity contribution in [1.29, 1.82) is 0 Å². The van der Waals surface area contributed by atoms with Crippen LogP contribution < -0.4 is 4.74 Å². The quantitative estimate of drug-likeness (QED) is 0.766. The topological polar surface area (TPSA) is 42.0 Å². The van der Waals surface area contributed by atoms with Crippen molar-refractivity contribution in [2.75, 3.05) is 39.4 Å². The van der Waals surface area contributed by atoms with Crippen LogP contribution in [0.1, 0.15) is 36.8 Å². The molecule has 1 aliphatic carbocycles. The molecule has 3 heterocycles. The summed E-state index contributed by atoms with van der Waals surface area (Å²) in [6, 6.07) is 6.64. The summed E-state index contributed by atoms with van der Waals surface area (Å²) >= 11 is 0. The van der Waals surface area contributed by atoms with Crippen molar-refractivity contribution in [2.24, 2.45) is 5.92 Å². The van der Waals surface area contributed by atoms with Crippen molar-refractivity contribution in [3.05, 3.63) is 53.3 Å². The number of rotatable bonds is 4. The molecule has 1 aromatic rings. The number of likely N-dealkylation sites (tertiary alicyclic amines) is 1. The van der Waals surface area contributed by atoms with Gasteiger partial charge in [0.2, 0.25) is 5.91 Å². The Labute approximate surface area is 179 Å². The molecule has 5 nitrogen and oxygen atoms in total. The van der Waals surface area contributed by atoms with E-state index >= 15 is 0 Å². The smallest absolute Gasteiger partial charge is 0.225 e. The molecule has 0 atom stereocenters. The molecule has 160 valence electrons. The summed E-state index contributed by atoms with van der Waals surface area (Å²) in [6.45, 7) is 5.22. The molecule has 1 aromatic carbocycles. The Bertz CT molecular complexity index is 833. The zero-order valence-electron chi connectivity index (χ0n) is 17.7. The van der Waals surface area contributed by atoms with E-state index in [0.29, 0.717) is 5.91 Å². The predicted molar refractivity (Wildman–Crippen MR) is 116 cm³/mol. The number of carbonyl (C=O) groups excluding carboxylic acids is 1. The van der Waals surface area contributed by atoms with E-state index in [-0.39, 0.29) is 12.0 Å². The largest absolute Gasteiger partial charge is 0.490 e. The Morgan fingerprint density at radius 2 is 1.70 bits per heavy atom. The van der Waals surface area contributed by atoms with Gasteiger partial charge < -0.3 is 19.3 Å². The number of allylic oxidation sites excluding steroid dienone is 3. The monoisotopic (exact) mass is 408 g/mol. The number of hydrogen-bond acceptors (Lipinski definition) is 4. The number of ether oxygens (including phenoxy) is 2. The minimum Gasteiger partial charge on any atom is -0.490 e. The summed E-state index contributed by atoms with van der Waals surface area (Å²) < 4.78 is 11.7. The average Bonchev–Trinajstić information content (AvgIpc) is 2.96. The molecule has 5 rings (SSSR count). The summed E-state index contributed by atoms with van der Waals surface area (Å²) in [5.41, 5.74) is 4.23. The van der Waals surface area contributed by atoms with E-state index in [0.717, 1.165) is 83.7 Å². The van der Waals surface area contributed by atoms with Crippen LogP contribution in [0.2, 0.25) is 0 Å². The van der Waals surface area contributed by atoms with Crippen LogP contribution in [-0.2, 0) is 22.4 Å². The number of piperidine rings is 1. The third kappa shape index (κ3) is 4.27. The summed E-state index contributed by atoms with van der Waals surface area (Å²) in [6.07, 6.45) is 12.4. The Morgan fingerprint density at radius 1 is 0.967 bits per heavy atom. The molecule has 0 unspecified atom stereocenters. The van der Waals surface area contributed by atoms with Crippen LogP contribution in [0.5, 0.6) is 5.75 Å². The molecule has 0 N–H and O–H groups in total. The Hall–Kier alpha value is -2.27. The lowest BCUT2D eigenvalue weighted by Gasteiger charge is -2.35. The third-order valence-electron chi connectivity index (χ3n) is 7.01. The second-order valence-corrected chi connectivity index (χ2v) is 8.90. The van der Waals surface area contributed by atoms with E-state index in [1.54, 1.807) is 0 Å². The maximum absolute atomic E-state index is 12.7. The first-order valence-corrected chi connectivity index (χ1v) is 11.5. The molecule has 5 heteroatoms. The highest BCUT2D eigenvalue weighted by Crippen LogP contribution is 2.27. The lowest BCUT2D eigenvalue weighted by Crippen LogP contribution is -2.45. The van der Waals surface area contributed by atoms with Crippen LogP contribution in [0.25, 0.3) is 0 Å². The van der Waals surface area contributed by atoms with Gasteiger partial charge in [0.1, 0.15) is 11.9 Å². The van der Waals surface area contributed by atoms with E-state index in [4.69, 9.17) is 9.47 Å². The molecular formula is C25H32N2O3. The summed E-state index contributed by atoms with van der Waals surface area (Å²) in [5.74, 6) is 1.47. The molecule has 0 saturated carbocycles.